The van der Waals surface area contributed by atoms with Crippen LogP contribution in [0.15, 0.2) is 23.2 Å². The second-order valence-corrected chi connectivity index (χ2v) is 5.55. The molecule has 3 nitrogen and oxygen atoms in total. The van der Waals surface area contributed by atoms with Crippen LogP contribution in [0.25, 0.3) is 0 Å². The summed E-state index contributed by atoms with van der Waals surface area (Å²) in [4.78, 5) is 4.59. The van der Waals surface area contributed by atoms with E-state index < -0.39 is 0 Å². The van der Waals surface area contributed by atoms with Crippen LogP contribution in [0.1, 0.15) is 31.4 Å². The predicted molar refractivity (Wildman–Crippen MR) is 96.9 cm³/mol. The van der Waals surface area contributed by atoms with Crippen molar-refractivity contribution in [2.24, 2.45) is 10.9 Å². The van der Waals surface area contributed by atoms with Gasteiger partial charge in [0, 0.05) is 19.1 Å². The smallest absolute Gasteiger partial charge is 0.191 e. The molecule has 2 unspecified atom stereocenters. The lowest BCUT2D eigenvalue weighted by atomic mass is 10.1. The first kappa shape index (κ1) is 18.2. The van der Waals surface area contributed by atoms with E-state index in [2.05, 4.69) is 29.5 Å². The summed E-state index contributed by atoms with van der Waals surface area (Å²) in [6.07, 6.45) is 2.06. The van der Waals surface area contributed by atoms with Gasteiger partial charge in [-0.1, -0.05) is 13.0 Å². The van der Waals surface area contributed by atoms with E-state index in [9.17, 15) is 4.39 Å². The number of aliphatic imine (C=N–C) groups is 1. The summed E-state index contributed by atoms with van der Waals surface area (Å²) in [7, 11) is 0. The third-order valence-electron chi connectivity index (χ3n) is 3.73. The van der Waals surface area contributed by atoms with Crippen LogP contribution in [0.3, 0.4) is 0 Å². The molecule has 2 rings (SSSR count). The van der Waals surface area contributed by atoms with Gasteiger partial charge < -0.3 is 10.6 Å². The Morgan fingerprint density at radius 1 is 1.43 bits per heavy atom. The van der Waals surface area contributed by atoms with E-state index in [1.807, 2.05) is 13.0 Å². The third kappa shape index (κ3) is 5.80. The van der Waals surface area contributed by atoms with E-state index in [1.165, 1.54) is 12.5 Å². The molecule has 0 amide bonds. The number of halogens is 2. The summed E-state index contributed by atoms with van der Waals surface area (Å²) in [6, 6.07) is 5.51. The fraction of sp³-hybridized carbons (Fsp3) is 0.562. The third-order valence-corrected chi connectivity index (χ3v) is 3.73. The Labute approximate surface area is 143 Å². The lowest BCUT2D eigenvalue weighted by Crippen LogP contribution is -2.39. The second-order valence-electron chi connectivity index (χ2n) is 5.55. The Morgan fingerprint density at radius 3 is 2.71 bits per heavy atom. The minimum Gasteiger partial charge on any atom is -0.357 e. The van der Waals surface area contributed by atoms with Gasteiger partial charge in [0.2, 0.25) is 0 Å². The summed E-state index contributed by atoms with van der Waals surface area (Å²) in [5.74, 6) is 1.47. The predicted octanol–water partition coefficient (Wildman–Crippen LogP) is 3.26. The molecule has 2 N–H and O–H groups in total. The van der Waals surface area contributed by atoms with Gasteiger partial charge >= 0.3 is 0 Å². The Bertz CT molecular complexity index is 490. The molecule has 1 aliphatic carbocycles. The van der Waals surface area contributed by atoms with Gasteiger partial charge in [-0.05, 0) is 55.9 Å². The van der Waals surface area contributed by atoms with Gasteiger partial charge in [-0.2, -0.15) is 0 Å². The number of benzene rings is 1. The van der Waals surface area contributed by atoms with Gasteiger partial charge in [0.1, 0.15) is 5.82 Å². The maximum absolute atomic E-state index is 13.0. The topological polar surface area (TPSA) is 36.4 Å². The van der Waals surface area contributed by atoms with Crippen molar-refractivity contribution in [3.8, 4) is 0 Å². The van der Waals surface area contributed by atoms with E-state index in [1.54, 1.807) is 6.07 Å². The lowest BCUT2D eigenvalue weighted by molar-refractivity contribution is 0.625. The van der Waals surface area contributed by atoms with Crippen molar-refractivity contribution in [2.75, 3.05) is 13.1 Å². The average Bonchev–Trinajstić information content (AvgIpc) is 3.08. The monoisotopic (exact) mass is 405 g/mol. The number of aryl methyl sites for hydroxylation is 1. The largest absolute Gasteiger partial charge is 0.357 e. The summed E-state index contributed by atoms with van der Waals surface area (Å²) in [5, 5.41) is 6.69. The minimum atomic E-state index is -0.174. The van der Waals surface area contributed by atoms with Crippen LogP contribution in [0.2, 0.25) is 0 Å². The fourth-order valence-electron chi connectivity index (χ4n) is 2.25. The van der Waals surface area contributed by atoms with Crippen LogP contribution in [0.4, 0.5) is 4.39 Å². The average molecular weight is 405 g/mol. The van der Waals surface area contributed by atoms with Gasteiger partial charge in [0.05, 0.1) is 0 Å². The fourth-order valence-corrected chi connectivity index (χ4v) is 2.25. The number of nitrogens with one attached hydrogen (secondary N) is 2. The maximum atomic E-state index is 13.0. The SMILES string of the molecule is CCNC(=NCCc1ccc(F)cc1C)NC1CC1C.I. The molecule has 5 heteroatoms. The highest BCUT2D eigenvalue weighted by molar-refractivity contribution is 14.0. The van der Waals surface area contributed by atoms with Crippen LogP contribution in [0, 0.1) is 18.7 Å². The molecule has 1 saturated carbocycles. The Morgan fingerprint density at radius 2 is 2.14 bits per heavy atom. The van der Waals surface area contributed by atoms with Crippen molar-refractivity contribution in [1.29, 1.82) is 0 Å². The normalized spacial score (nSPS) is 20.7. The Balaban J connectivity index is 0.00000220. The highest BCUT2D eigenvalue weighted by Crippen LogP contribution is 2.28. The van der Waals surface area contributed by atoms with Crippen molar-refractivity contribution in [3.63, 3.8) is 0 Å². The van der Waals surface area contributed by atoms with E-state index in [4.69, 9.17) is 0 Å². The molecule has 0 radical (unpaired) electrons. The number of rotatable bonds is 5. The summed E-state index contributed by atoms with van der Waals surface area (Å²) in [5.41, 5.74) is 2.15. The van der Waals surface area contributed by atoms with Gasteiger partial charge in [-0.25, -0.2) is 4.39 Å². The van der Waals surface area contributed by atoms with Crippen LogP contribution < -0.4 is 10.6 Å². The van der Waals surface area contributed by atoms with Gasteiger partial charge in [0.25, 0.3) is 0 Å². The van der Waals surface area contributed by atoms with Gasteiger partial charge in [0.15, 0.2) is 5.96 Å². The van der Waals surface area contributed by atoms with Crippen LogP contribution in [-0.4, -0.2) is 25.1 Å². The molecule has 118 valence electrons. The highest BCUT2D eigenvalue weighted by Gasteiger charge is 2.33. The number of nitrogens with zero attached hydrogens (tertiary/aromatic N) is 1. The molecule has 1 aliphatic rings. The van der Waals surface area contributed by atoms with E-state index in [0.29, 0.717) is 12.6 Å². The zero-order valence-corrected chi connectivity index (χ0v) is 15.3. The molecule has 0 heterocycles. The molecule has 0 aliphatic heterocycles. The van der Waals surface area contributed by atoms with Crippen LogP contribution in [-0.2, 0) is 6.42 Å². The molecule has 1 fully saturated rings. The summed E-state index contributed by atoms with van der Waals surface area (Å²) in [6.45, 7) is 7.82. The number of guanidine groups is 1. The maximum Gasteiger partial charge on any atom is 0.191 e. The van der Waals surface area contributed by atoms with Crippen molar-refractivity contribution in [3.05, 3.63) is 35.1 Å². The van der Waals surface area contributed by atoms with Crippen molar-refractivity contribution in [2.45, 2.75) is 39.7 Å². The van der Waals surface area contributed by atoms with E-state index in [0.717, 1.165) is 36.0 Å². The Hall–Kier alpha value is -0.850. The standard InChI is InChI=1S/C16H24FN3.HI/c1-4-18-16(20-15-10-12(15)3)19-8-7-13-5-6-14(17)9-11(13)2;/h5-6,9,12,15H,4,7-8,10H2,1-3H3,(H2,18,19,20);1H. The van der Waals surface area contributed by atoms with Crippen LogP contribution in [0.5, 0.6) is 0 Å². The first-order valence-corrected chi connectivity index (χ1v) is 7.40. The van der Waals surface area contributed by atoms with Gasteiger partial charge in [-0.15, -0.1) is 24.0 Å². The lowest BCUT2D eigenvalue weighted by Gasteiger charge is -2.11. The van der Waals surface area contributed by atoms with Crippen LogP contribution >= 0.6 is 24.0 Å². The first-order chi connectivity index (χ1) is 9.60. The molecule has 2 atom stereocenters. The quantitative estimate of drug-likeness (QED) is 0.448. The first-order valence-electron chi connectivity index (χ1n) is 7.40. The zero-order valence-electron chi connectivity index (χ0n) is 12.9. The molecular weight excluding hydrogens is 380 g/mol. The van der Waals surface area contributed by atoms with E-state index >= 15 is 0 Å². The van der Waals surface area contributed by atoms with Crippen molar-refractivity contribution >= 4 is 29.9 Å². The summed E-state index contributed by atoms with van der Waals surface area (Å²) < 4.78 is 13.0. The zero-order chi connectivity index (χ0) is 14.5. The molecule has 1 aromatic rings. The van der Waals surface area contributed by atoms with E-state index in [-0.39, 0.29) is 29.8 Å². The minimum absolute atomic E-state index is 0. The molecule has 0 saturated heterocycles. The molecule has 1 aromatic carbocycles. The molecule has 0 aromatic heterocycles. The molecular formula is C16H25FIN3. The number of hydrogen-bond donors (Lipinski definition) is 2. The number of hydrogen-bond acceptors (Lipinski definition) is 1. The summed E-state index contributed by atoms with van der Waals surface area (Å²) >= 11 is 0. The van der Waals surface area contributed by atoms with Crippen molar-refractivity contribution < 1.29 is 4.39 Å². The van der Waals surface area contributed by atoms with Crippen molar-refractivity contribution in [1.82, 2.24) is 10.6 Å². The Kier molecular flexibility index (Phi) is 7.42. The molecule has 0 spiro atoms. The second kappa shape index (κ2) is 8.56. The molecule has 21 heavy (non-hydrogen) atoms. The highest BCUT2D eigenvalue weighted by atomic mass is 127. The molecule has 0 bridgehead atoms. The van der Waals surface area contributed by atoms with Gasteiger partial charge in [-0.3, -0.25) is 4.99 Å².